The second-order valence-electron chi connectivity index (χ2n) is 14.1. The largest absolute Gasteiger partial charge is 0.534 e. The molecule has 0 saturated carbocycles. The van der Waals surface area contributed by atoms with E-state index in [-0.39, 0.29) is 30.1 Å². The standard InChI is InChI=1S/C40H57F3O8S2/c1-7-11-19-46-27-29-24-34(48-21-13-9-3)38(49-22-14-10-4)37(50-29)30-25-31(39(5,6)36-23-28-17-15-16-18-35(28)52-36)33(26-32(30)47-20-12-8-2)51-53(44,45)40(41,42)43/h15-18,23,25-26,29,34,37-38H,7-14,19-22,24,27H2,1-6H3/t29-,34-,37-,38+/m0/s1. The van der Waals surface area contributed by atoms with Crippen LogP contribution in [0.15, 0.2) is 42.5 Å². The van der Waals surface area contributed by atoms with Gasteiger partial charge in [0.25, 0.3) is 0 Å². The molecule has 0 unspecified atom stereocenters. The van der Waals surface area contributed by atoms with E-state index in [9.17, 15) is 21.6 Å². The van der Waals surface area contributed by atoms with Gasteiger partial charge < -0.3 is 27.9 Å². The van der Waals surface area contributed by atoms with Crippen LogP contribution in [0.5, 0.6) is 11.5 Å². The average Bonchev–Trinajstić information content (AvgIpc) is 3.56. The molecule has 2 heterocycles. The van der Waals surface area contributed by atoms with E-state index in [4.69, 9.17) is 27.9 Å². The Morgan fingerprint density at radius 3 is 2.13 bits per heavy atom. The van der Waals surface area contributed by atoms with E-state index in [1.165, 1.54) is 17.4 Å². The lowest BCUT2D eigenvalue weighted by molar-refractivity contribution is -0.213. The molecule has 0 radical (unpaired) electrons. The number of benzene rings is 2. The van der Waals surface area contributed by atoms with Crippen molar-refractivity contribution in [2.75, 3.05) is 33.0 Å². The van der Waals surface area contributed by atoms with E-state index >= 15 is 0 Å². The second kappa shape index (κ2) is 20.0. The van der Waals surface area contributed by atoms with Crippen molar-refractivity contribution in [3.63, 3.8) is 0 Å². The molecule has 1 aliphatic heterocycles. The molecule has 1 aromatic heterocycles. The Bertz CT molecular complexity index is 1640. The molecular weight excluding hydrogens is 730 g/mol. The highest BCUT2D eigenvalue weighted by Crippen LogP contribution is 2.49. The number of thiophene rings is 1. The van der Waals surface area contributed by atoms with Gasteiger partial charge in [0.05, 0.1) is 25.4 Å². The Kier molecular flexibility index (Phi) is 16.3. The smallest absolute Gasteiger partial charge is 0.493 e. The van der Waals surface area contributed by atoms with Gasteiger partial charge in [-0.1, -0.05) is 85.4 Å². The topological polar surface area (TPSA) is 89.5 Å². The third-order valence-corrected chi connectivity index (χ3v) is 11.9. The van der Waals surface area contributed by atoms with Crippen molar-refractivity contribution in [1.29, 1.82) is 0 Å². The van der Waals surface area contributed by atoms with Crippen molar-refractivity contribution in [1.82, 2.24) is 0 Å². The Labute approximate surface area is 317 Å². The van der Waals surface area contributed by atoms with E-state index in [1.807, 2.05) is 51.1 Å². The zero-order valence-electron chi connectivity index (χ0n) is 32.0. The number of hydrogen-bond acceptors (Lipinski definition) is 9. The van der Waals surface area contributed by atoms with E-state index in [0.29, 0.717) is 44.8 Å². The van der Waals surface area contributed by atoms with Gasteiger partial charge in [-0.05, 0) is 49.3 Å². The number of unbranched alkanes of at least 4 members (excludes halogenated alkanes) is 4. The lowest BCUT2D eigenvalue weighted by Crippen LogP contribution is -2.48. The lowest BCUT2D eigenvalue weighted by atomic mass is 9.80. The third-order valence-electron chi connectivity index (χ3n) is 9.45. The molecule has 3 aromatic rings. The van der Waals surface area contributed by atoms with E-state index < -0.39 is 39.0 Å². The molecule has 0 spiro atoms. The van der Waals surface area contributed by atoms with Crippen molar-refractivity contribution < 1.29 is 49.5 Å². The van der Waals surface area contributed by atoms with Crippen molar-refractivity contribution in [3.8, 4) is 11.5 Å². The highest BCUT2D eigenvalue weighted by molar-refractivity contribution is 7.88. The Morgan fingerprint density at radius 2 is 1.47 bits per heavy atom. The van der Waals surface area contributed by atoms with Crippen LogP contribution in [0, 0.1) is 0 Å². The molecule has 1 fully saturated rings. The minimum absolute atomic E-state index is 0.163. The maximum absolute atomic E-state index is 13.9. The third kappa shape index (κ3) is 11.3. The van der Waals surface area contributed by atoms with Crippen molar-refractivity contribution in [2.24, 2.45) is 0 Å². The normalized spacial score (nSPS) is 19.9. The van der Waals surface area contributed by atoms with Gasteiger partial charge in [-0.2, -0.15) is 21.6 Å². The van der Waals surface area contributed by atoms with Crippen LogP contribution in [0.4, 0.5) is 13.2 Å². The van der Waals surface area contributed by atoms with Crippen LogP contribution in [0.25, 0.3) is 10.1 Å². The van der Waals surface area contributed by atoms with Crippen LogP contribution in [-0.4, -0.2) is 65.3 Å². The minimum Gasteiger partial charge on any atom is -0.493 e. The first-order valence-corrected chi connectivity index (χ1v) is 21.3. The number of fused-ring (bicyclic) bond motifs is 1. The fourth-order valence-corrected chi connectivity index (χ4v) is 7.89. The SMILES string of the molecule is CCCCOC[C@@H]1C[C@H](OCCCC)[C@@H](OCCCC)[C@H](c2cc(C(C)(C)c3cc4ccccc4s3)c(OS(=O)(=O)C(F)(F)F)cc2OCCCC)O1. The first-order chi connectivity index (χ1) is 25.3. The Hall–Kier alpha value is -2.42. The zero-order valence-corrected chi connectivity index (χ0v) is 33.6. The minimum atomic E-state index is -6.04. The second-order valence-corrected chi connectivity index (χ2v) is 16.8. The molecule has 8 nitrogen and oxygen atoms in total. The van der Waals surface area contributed by atoms with E-state index in [2.05, 4.69) is 20.8 Å². The highest BCUT2D eigenvalue weighted by Gasteiger charge is 2.50. The fourth-order valence-electron chi connectivity index (χ4n) is 6.24. The summed E-state index contributed by atoms with van der Waals surface area (Å²) < 4.78 is 105. The number of rotatable bonds is 22. The molecule has 53 heavy (non-hydrogen) atoms. The van der Waals surface area contributed by atoms with Gasteiger partial charge in [0.2, 0.25) is 0 Å². The van der Waals surface area contributed by atoms with E-state index in [1.54, 1.807) is 6.07 Å². The molecule has 298 valence electrons. The summed E-state index contributed by atoms with van der Waals surface area (Å²) in [5.74, 6) is -0.301. The van der Waals surface area contributed by atoms with Crippen molar-refractivity contribution in [3.05, 3.63) is 58.5 Å². The van der Waals surface area contributed by atoms with Crippen LogP contribution >= 0.6 is 11.3 Å². The summed E-state index contributed by atoms with van der Waals surface area (Å²) in [5.41, 5.74) is -5.92. The van der Waals surface area contributed by atoms with E-state index in [0.717, 1.165) is 59.9 Å². The van der Waals surface area contributed by atoms with Gasteiger partial charge in [-0.25, -0.2) is 0 Å². The van der Waals surface area contributed by atoms with Gasteiger partial charge in [-0.15, -0.1) is 11.3 Å². The Balaban J connectivity index is 1.95. The zero-order chi connectivity index (χ0) is 38.6. The molecular formula is C40H57F3O8S2. The average molecular weight is 787 g/mol. The quantitative estimate of drug-likeness (QED) is 0.0565. The molecule has 0 amide bonds. The summed E-state index contributed by atoms with van der Waals surface area (Å²) in [4.78, 5) is 0.807. The maximum atomic E-state index is 13.9. The van der Waals surface area contributed by atoms with Crippen LogP contribution in [0.3, 0.4) is 0 Å². The fraction of sp³-hybridized carbons (Fsp3) is 0.650. The van der Waals surface area contributed by atoms with Gasteiger partial charge in [0.15, 0.2) is 5.75 Å². The van der Waals surface area contributed by atoms with Gasteiger partial charge >= 0.3 is 15.6 Å². The summed E-state index contributed by atoms with van der Waals surface area (Å²) in [5, 5.41) is 0.962. The molecule has 1 aliphatic rings. The summed E-state index contributed by atoms with van der Waals surface area (Å²) in [6.45, 7) is 14.1. The summed E-state index contributed by atoms with van der Waals surface area (Å²) in [6, 6.07) is 12.7. The summed E-state index contributed by atoms with van der Waals surface area (Å²) >= 11 is 1.48. The first-order valence-electron chi connectivity index (χ1n) is 19.0. The highest BCUT2D eigenvalue weighted by atomic mass is 32.2. The molecule has 4 atom stereocenters. The van der Waals surface area contributed by atoms with Crippen LogP contribution < -0.4 is 8.92 Å². The first kappa shape index (κ1) is 43.3. The number of ether oxygens (including phenoxy) is 5. The number of halogens is 3. The van der Waals surface area contributed by atoms with Crippen LogP contribution in [-0.2, 0) is 34.5 Å². The van der Waals surface area contributed by atoms with Gasteiger partial charge in [0, 0.05) is 58.4 Å². The molecule has 1 saturated heterocycles. The molecule has 4 rings (SSSR count). The monoisotopic (exact) mass is 786 g/mol. The van der Waals surface area contributed by atoms with Gasteiger partial charge in [-0.3, -0.25) is 0 Å². The van der Waals surface area contributed by atoms with Crippen LogP contribution in [0.1, 0.15) is 121 Å². The molecule has 0 bridgehead atoms. The predicted octanol–water partition coefficient (Wildman–Crippen LogP) is 10.7. The molecule has 0 N–H and O–H groups in total. The van der Waals surface area contributed by atoms with Crippen molar-refractivity contribution >= 4 is 31.5 Å². The number of hydrogen-bond donors (Lipinski definition) is 0. The Morgan fingerprint density at radius 1 is 0.830 bits per heavy atom. The lowest BCUT2D eigenvalue weighted by Gasteiger charge is -2.42. The van der Waals surface area contributed by atoms with Gasteiger partial charge in [0.1, 0.15) is 18.0 Å². The summed E-state index contributed by atoms with van der Waals surface area (Å²) in [6.07, 6.45) is 5.27. The summed E-state index contributed by atoms with van der Waals surface area (Å²) in [7, 11) is -6.04. The van der Waals surface area contributed by atoms with Crippen molar-refractivity contribution in [2.45, 2.75) is 135 Å². The number of alkyl halides is 3. The maximum Gasteiger partial charge on any atom is 0.534 e. The molecule has 0 aliphatic carbocycles. The predicted molar refractivity (Wildman–Crippen MR) is 204 cm³/mol. The molecule has 13 heteroatoms. The van der Waals surface area contributed by atoms with Crippen LogP contribution in [0.2, 0.25) is 0 Å². The molecule has 2 aromatic carbocycles.